The Labute approximate surface area is 103 Å². The van der Waals surface area contributed by atoms with E-state index < -0.39 is 0 Å². The molecule has 0 aromatic heterocycles. The van der Waals surface area contributed by atoms with E-state index in [2.05, 4.69) is 11.4 Å². The molecule has 2 N–H and O–H groups in total. The Balaban J connectivity index is 2.81. The van der Waals surface area contributed by atoms with Crippen LogP contribution >= 0.6 is 0 Å². The van der Waals surface area contributed by atoms with E-state index in [1.807, 2.05) is 51.1 Å². The van der Waals surface area contributed by atoms with Crippen molar-refractivity contribution in [3.8, 4) is 6.07 Å². The van der Waals surface area contributed by atoms with Crippen LogP contribution in [0.2, 0.25) is 0 Å². The van der Waals surface area contributed by atoms with Crippen molar-refractivity contribution in [1.29, 1.82) is 5.26 Å². The van der Waals surface area contributed by atoms with E-state index >= 15 is 0 Å². The number of aliphatic hydroxyl groups excluding tert-OH is 1. The quantitative estimate of drug-likeness (QED) is 0.837. The van der Waals surface area contributed by atoms with Gasteiger partial charge in [-0.1, -0.05) is 51.1 Å². The van der Waals surface area contributed by atoms with Crippen LogP contribution in [-0.2, 0) is 0 Å². The Kier molecular flexibility index (Phi) is 4.68. The van der Waals surface area contributed by atoms with E-state index in [0.717, 1.165) is 5.56 Å². The van der Waals surface area contributed by atoms with E-state index in [0.29, 0.717) is 0 Å². The molecule has 0 unspecified atom stereocenters. The van der Waals surface area contributed by atoms with Gasteiger partial charge in [-0.05, 0) is 11.0 Å². The molecular formula is C14H20N2O. The van der Waals surface area contributed by atoms with E-state index in [1.54, 1.807) is 0 Å². The molecule has 0 amide bonds. The highest BCUT2D eigenvalue weighted by Crippen LogP contribution is 2.22. The van der Waals surface area contributed by atoms with Crippen LogP contribution in [0.1, 0.15) is 32.4 Å². The lowest BCUT2D eigenvalue weighted by molar-refractivity contribution is 0.211. The molecule has 0 spiro atoms. The third-order valence-electron chi connectivity index (χ3n) is 2.75. The first-order valence-corrected chi connectivity index (χ1v) is 5.80. The summed E-state index contributed by atoms with van der Waals surface area (Å²) in [5, 5.41) is 21.8. The molecule has 1 aromatic rings. The average Bonchev–Trinajstić information content (AvgIpc) is 2.30. The predicted octanol–water partition coefficient (Wildman–Crippen LogP) is 2.25. The van der Waals surface area contributed by atoms with Crippen LogP contribution in [0, 0.1) is 16.7 Å². The molecule has 0 radical (unpaired) electrons. The van der Waals surface area contributed by atoms with Crippen molar-refractivity contribution in [2.45, 2.75) is 32.9 Å². The second kappa shape index (κ2) is 5.81. The second-order valence-electron chi connectivity index (χ2n) is 5.24. The van der Waals surface area contributed by atoms with Crippen LogP contribution in [0.5, 0.6) is 0 Å². The number of aliphatic hydroxyl groups is 1. The van der Waals surface area contributed by atoms with Crippen LogP contribution in [0.15, 0.2) is 30.3 Å². The van der Waals surface area contributed by atoms with Gasteiger partial charge in [0.25, 0.3) is 0 Å². The van der Waals surface area contributed by atoms with E-state index in [-0.39, 0.29) is 24.1 Å². The molecule has 2 atom stereocenters. The normalized spacial score (nSPS) is 15.0. The summed E-state index contributed by atoms with van der Waals surface area (Å²) in [4.78, 5) is 0. The van der Waals surface area contributed by atoms with Gasteiger partial charge in [0.1, 0.15) is 6.04 Å². The van der Waals surface area contributed by atoms with Gasteiger partial charge in [0, 0.05) is 0 Å². The summed E-state index contributed by atoms with van der Waals surface area (Å²) in [6, 6.07) is 11.5. The van der Waals surface area contributed by atoms with E-state index in [4.69, 9.17) is 5.26 Å². The highest BCUT2D eigenvalue weighted by molar-refractivity contribution is 5.20. The molecule has 0 heterocycles. The SMILES string of the molecule is CC(C)(C)[C@@H](C#N)N[C@H](CO)c1ccccc1. The fourth-order valence-electron chi connectivity index (χ4n) is 1.62. The number of nitrogens with one attached hydrogen (secondary N) is 1. The molecule has 17 heavy (non-hydrogen) atoms. The topological polar surface area (TPSA) is 56.0 Å². The minimum atomic E-state index is -0.292. The lowest BCUT2D eigenvalue weighted by Gasteiger charge is -2.29. The Hall–Kier alpha value is -1.37. The summed E-state index contributed by atoms with van der Waals surface area (Å²) >= 11 is 0. The van der Waals surface area contributed by atoms with Crippen LogP contribution < -0.4 is 5.32 Å². The van der Waals surface area contributed by atoms with Gasteiger partial charge >= 0.3 is 0 Å². The van der Waals surface area contributed by atoms with Gasteiger partial charge in [-0.25, -0.2) is 0 Å². The first-order chi connectivity index (χ1) is 7.99. The molecule has 0 saturated heterocycles. The molecule has 0 fully saturated rings. The molecule has 3 nitrogen and oxygen atoms in total. The van der Waals surface area contributed by atoms with Crippen LogP contribution in [0.3, 0.4) is 0 Å². The van der Waals surface area contributed by atoms with Crippen molar-refractivity contribution in [2.75, 3.05) is 6.61 Å². The standard InChI is InChI=1S/C14H20N2O/c1-14(2,3)13(9-15)16-12(10-17)11-7-5-4-6-8-11/h4-8,12-13,16-17H,10H2,1-3H3/t12-,13-/m1/s1. The van der Waals surface area contributed by atoms with Gasteiger partial charge in [0.15, 0.2) is 0 Å². The van der Waals surface area contributed by atoms with E-state index in [1.165, 1.54) is 0 Å². The second-order valence-corrected chi connectivity index (χ2v) is 5.24. The van der Waals surface area contributed by atoms with Crippen LogP contribution in [-0.4, -0.2) is 17.8 Å². The van der Waals surface area contributed by atoms with Gasteiger partial charge in [-0.3, -0.25) is 5.32 Å². The summed E-state index contributed by atoms with van der Waals surface area (Å²) in [6.45, 7) is 6.01. The van der Waals surface area contributed by atoms with Crippen molar-refractivity contribution in [1.82, 2.24) is 5.32 Å². The summed E-state index contributed by atoms with van der Waals surface area (Å²) in [6.07, 6.45) is 0. The van der Waals surface area contributed by atoms with Gasteiger partial charge < -0.3 is 5.11 Å². The summed E-state index contributed by atoms with van der Waals surface area (Å²) < 4.78 is 0. The third-order valence-corrected chi connectivity index (χ3v) is 2.75. The van der Waals surface area contributed by atoms with Crippen molar-refractivity contribution in [3.05, 3.63) is 35.9 Å². The first-order valence-electron chi connectivity index (χ1n) is 5.80. The molecular weight excluding hydrogens is 212 g/mol. The monoisotopic (exact) mass is 232 g/mol. The maximum Gasteiger partial charge on any atom is 0.101 e. The summed E-state index contributed by atoms with van der Waals surface area (Å²) in [5.74, 6) is 0. The highest BCUT2D eigenvalue weighted by Gasteiger charge is 2.26. The predicted molar refractivity (Wildman–Crippen MR) is 68.3 cm³/mol. The van der Waals surface area contributed by atoms with Crippen LogP contribution in [0.4, 0.5) is 0 Å². The minimum absolute atomic E-state index is 0.0156. The van der Waals surface area contributed by atoms with Crippen molar-refractivity contribution in [3.63, 3.8) is 0 Å². The molecule has 0 saturated carbocycles. The van der Waals surface area contributed by atoms with Crippen molar-refractivity contribution in [2.24, 2.45) is 5.41 Å². The molecule has 0 aliphatic carbocycles. The third kappa shape index (κ3) is 3.85. The molecule has 1 rings (SSSR count). The van der Waals surface area contributed by atoms with Crippen LogP contribution in [0.25, 0.3) is 0 Å². The molecule has 1 aromatic carbocycles. The zero-order valence-electron chi connectivity index (χ0n) is 10.6. The summed E-state index contributed by atoms with van der Waals surface area (Å²) in [7, 11) is 0. The zero-order chi connectivity index (χ0) is 12.9. The van der Waals surface area contributed by atoms with E-state index in [9.17, 15) is 5.11 Å². The minimum Gasteiger partial charge on any atom is -0.394 e. The highest BCUT2D eigenvalue weighted by atomic mass is 16.3. The number of hydrogen-bond donors (Lipinski definition) is 2. The number of benzene rings is 1. The maximum atomic E-state index is 9.42. The Bertz CT molecular complexity index is 375. The molecule has 0 aliphatic rings. The average molecular weight is 232 g/mol. The first kappa shape index (κ1) is 13.7. The Morgan fingerprint density at radius 3 is 2.29 bits per heavy atom. The lowest BCUT2D eigenvalue weighted by Crippen LogP contribution is -2.42. The van der Waals surface area contributed by atoms with Crippen molar-refractivity contribution < 1.29 is 5.11 Å². The molecule has 92 valence electrons. The largest absolute Gasteiger partial charge is 0.394 e. The number of hydrogen-bond acceptors (Lipinski definition) is 3. The number of rotatable bonds is 4. The van der Waals surface area contributed by atoms with Gasteiger partial charge in [0.05, 0.1) is 18.7 Å². The Morgan fingerprint density at radius 2 is 1.88 bits per heavy atom. The molecule has 3 heteroatoms. The fourth-order valence-corrected chi connectivity index (χ4v) is 1.62. The molecule has 0 aliphatic heterocycles. The van der Waals surface area contributed by atoms with Crippen molar-refractivity contribution >= 4 is 0 Å². The fraction of sp³-hybridized carbons (Fsp3) is 0.500. The van der Waals surface area contributed by atoms with Gasteiger partial charge in [-0.15, -0.1) is 0 Å². The van der Waals surface area contributed by atoms with Gasteiger partial charge in [0.2, 0.25) is 0 Å². The Morgan fingerprint density at radius 1 is 1.29 bits per heavy atom. The van der Waals surface area contributed by atoms with Gasteiger partial charge in [-0.2, -0.15) is 5.26 Å². The number of nitriles is 1. The number of nitrogens with zero attached hydrogens (tertiary/aromatic N) is 1. The zero-order valence-corrected chi connectivity index (χ0v) is 10.6. The smallest absolute Gasteiger partial charge is 0.101 e. The maximum absolute atomic E-state index is 9.42. The summed E-state index contributed by atoms with van der Waals surface area (Å²) in [5.41, 5.74) is 0.844. The molecule has 0 bridgehead atoms. The lowest BCUT2D eigenvalue weighted by atomic mass is 9.87.